The van der Waals surface area contributed by atoms with E-state index in [0.717, 1.165) is 17.8 Å². The first-order chi connectivity index (χ1) is 15.5. The van der Waals surface area contributed by atoms with Crippen LogP contribution in [-0.4, -0.2) is 46.6 Å². The fraction of sp³-hybridized carbons (Fsp3) is 0.364. The number of nitrogens with zero attached hydrogens (tertiary/aromatic N) is 3. The Labute approximate surface area is 193 Å². The van der Waals surface area contributed by atoms with E-state index in [1.807, 2.05) is 5.38 Å². The minimum Gasteiger partial charge on any atom is -0.461 e. The van der Waals surface area contributed by atoms with Gasteiger partial charge in [0.2, 0.25) is 5.91 Å². The largest absolute Gasteiger partial charge is 0.461 e. The Hall–Kier alpha value is -2.78. The summed E-state index contributed by atoms with van der Waals surface area (Å²) in [6.45, 7) is 3.12. The molecule has 1 amide bonds. The zero-order valence-electron chi connectivity index (χ0n) is 17.3. The molecule has 0 unspecified atom stereocenters. The summed E-state index contributed by atoms with van der Waals surface area (Å²) in [7, 11) is 0. The number of likely N-dealkylation sites (tertiary alicyclic amines) is 1. The highest BCUT2D eigenvalue weighted by atomic mass is 35.5. The normalized spacial score (nSPS) is 14.5. The molecule has 3 heterocycles. The molecule has 0 bridgehead atoms. The second kappa shape index (κ2) is 9.79. The quantitative estimate of drug-likeness (QED) is 0.478. The molecule has 0 spiro atoms. The van der Waals surface area contributed by atoms with Crippen molar-refractivity contribution < 1.29 is 23.2 Å². The van der Waals surface area contributed by atoms with Crippen molar-refractivity contribution in [3.05, 3.63) is 56.8 Å². The van der Waals surface area contributed by atoms with E-state index >= 15 is 0 Å². The van der Waals surface area contributed by atoms with E-state index in [0.29, 0.717) is 24.5 Å². The van der Waals surface area contributed by atoms with Crippen molar-refractivity contribution >= 4 is 34.8 Å². The van der Waals surface area contributed by atoms with E-state index in [1.54, 1.807) is 17.9 Å². The van der Waals surface area contributed by atoms with Gasteiger partial charge in [-0.1, -0.05) is 22.8 Å². The minimum absolute atomic E-state index is 0.0497. The highest BCUT2D eigenvalue weighted by Gasteiger charge is 2.27. The first kappa shape index (κ1) is 22.4. The number of benzene rings is 1. The van der Waals surface area contributed by atoms with Crippen molar-refractivity contribution in [2.24, 2.45) is 0 Å². The molecular formula is C22H21ClFN3O4S. The summed E-state index contributed by atoms with van der Waals surface area (Å²) in [5.74, 6) is -0.517. The van der Waals surface area contributed by atoms with E-state index in [4.69, 9.17) is 20.9 Å². The lowest BCUT2D eigenvalue weighted by molar-refractivity contribution is -0.131. The molecule has 168 valence electrons. The van der Waals surface area contributed by atoms with E-state index in [-0.39, 0.29) is 41.1 Å². The number of ether oxygens (including phenoxy) is 1. The van der Waals surface area contributed by atoms with Gasteiger partial charge in [-0.3, -0.25) is 4.79 Å². The van der Waals surface area contributed by atoms with Gasteiger partial charge in [-0.15, -0.1) is 11.3 Å². The van der Waals surface area contributed by atoms with Crippen LogP contribution in [0.15, 0.2) is 34.2 Å². The van der Waals surface area contributed by atoms with Gasteiger partial charge in [0.15, 0.2) is 11.5 Å². The van der Waals surface area contributed by atoms with Crippen molar-refractivity contribution in [2.75, 3.05) is 19.7 Å². The average molecular weight is 478 g/mol. The maximum absolute atomic E-state index is 14.0. The second-order valence-corrected chi connectivity index (χ2v) is 8.70. The molecular weight excluding hydrogens is 457 g/mol. The predicted octanol–water partition coefficient (Wildman–Crippen LogP) is 4.72. The fourth-order valence-corrected chi connectivity index (χ4v) is 4.84. The molecule has 1 saturated heterocycles. The Morgan fingerprint density at radius 1 is 1.34 bits per heavy atom. The van der Waals surface area contributed by atoms with Crippen molar-refractivity contribution in [1.82, 2.24) is 15.0 Å². The van der Waals surface area contributed by atoms with Crippen LogP contribution >= 0.6 is 22.9 Å². The van der Waals surface area contributed by atoms with Crippen LogP contribution in [0, 0.1) is 5.82 Å². The average Bonchev–Trinajstić information content (AvgIpc) is 3.46. The van der Waals surface area contributed by atoms with Gasteiger partial charge in [0.1, 0.15) is 11.5 Å². The number of hydrogen-bond acceptors (Lipinski definition) is 7. The number of esters is 1. The molecule has 0 saturated carbocycles. The Kier molecular flexibility index (Phi) is 6.86. The Morgan fingerprint density at radius 2 is 2.12 bits per heavy atom. The third-order valence-corrected chi connectivity index (χ3v) is 6.72. The van der Waals surface area contributed by atoms with Crippen LogP contribution in [0.5, 0.6) is 0 Å². The molecule has 1 aromatic carbocycles. The van der Waals surface area contributed by atoms with Gasteiger partial charge in [-0.25, -0.2) is 14.2 Å². The molecule has 1 fully saturated rings. The molecule has 1 aliphatic rings. The lowest BCUT2D eigenvalue weighted by atomic mass is 9.97. The minimum atomic E-state index is -0.535. The number of rotatable bonds is 6. The SMILES string of the molecule is CCOC(=O)c1cc(-c2csc(C3CCN(C(=O)Cc4c(F)cccc4Cl)CC3)n2)on1. The molecule has 10 heteroatoms. The lowest BCUT2D eigenvalue weighted by Gasteiger charge is -2.31. The number of thiazole rings is 1. The highest BCUT2D eigenvalue weighted by Crippen LogP contribution is 2.33. The number of carbonyl (C=O) groups is 2. The van der Waals surface area contributed by atoms with Crippen molar-refractivity contribution in [2.45, 2.75) is 32.1 Å². The maximum atomic E-state index is 14.0. The zero-order chi connectivity index (χ0) is 22.7. The third kappa shape index (κ3) is 4.83. The lowest BCUT2D eigenvalue weighted by Crippen LogP contribution is -2.38. The summed E-state index contributed by atoms with van der Waals surface area (Å²) >= 11 is 7.56. The van der Waals surface area contributed by atoms with Crippen LogP contribution in [-0.2, 0) is 16.0 Å². The summed E-state index contributed by atoms with van der Waals surface area (Å²) in [5.41, 5.74) is 0.957. The van der Waals surface area contributed by atoms with Crippen LogP contribution < -0.4 is 0 Å². The van der Waals surface area contributed by atoms with Crippen molar-refractivity contribution in [1.29, 1.82) is 0 Å². The molecule has 4 rings (SSSR count). The first-order valence-electron chi connectivity index (χ1n) is 10.3. The standard InChI is InChI=1S/C22H21ClFN3O4S/c1-2-30-22(29)17-11-19(31-26-17)18-12-32-21(25-18)13-6-8-27(9-7-13)20(28)10-14-15(23)4-3-5-16(14)24/h3-5,11-13H,2,6-10H2,1H3. The number of hydrogen-bond donors (Lipinski definition) is 0. The molecule has 7 nitrogen and oxygen atoms in total. The zero-order valence-corrected chi connectivity index (χ0v) is 18.9. The van der Waals surface area contributed by atoms with Gasteiger partial charge >= 0.3 is 5.97 Å². The fourth-order valence-electron chi connectivity index (χ4n) is 3.63. The van der Waals surface area contributed by atoms with Crippen LogP contribution in [0.4, 0.5) is 4.39 Å². The van der Waals surface area contributed by atoms with E-state index < -0.39 is 11.8 Å². The van der Waals surface area contributed by atoms with E-state index in [1.165, 1.54) is 29.5 Å². The smallest absolute Gasteiger partial charge is 0.360 e. The van der Waals surface area contributed by atoms with Gasteiger partial charge in [0.05, 0.1) is 18.0 Å². The third-order valence-electron chi connectivity index (χ3n) is 5.36. The molecule has 0 radical (unpaired) electrons. The van der Waals surface area contributed by atoms with Gasteiger partial charge in [0.25, 0.3) is 0 Å². The van der Waals surface area contributed by atoms with Gasteiger partial charge in [-0.05, 0) is 31.9 Å². The summed E-state index contributed by atoms with van der Waals surface area (Å²) in [6.07, 6.45) is 1.47. The number of halogens is 2. The van der Waals surface area contributed by atoms with E-state index in [2.05, 4.69) is 10.1 Å². The molecule has 0 aliphatic carbocycles. The molecule has 1 aliphatic heterocycles. The van der Waals surface area contributed by atoms with Crippen LogP contribution in [0.1, 0.15) is 46.7 Å². The van der Waals surface area contributed by atoms with Crippen LogP contribution in [0.25, 0.3) is 11.5 Å². The second-order valence-electron chi connectivity index (χ2n) is 7.40. The van der Waals surface area contributed by atoms with Gasteiger partial charge in [0, 0.05) is 41.0 Å². The molecule has 0 N–H and O–H groups in total. The highest BCUT2D eigenvalue weighted by molar-refractivity contribution is 7.10. The summed E-state index contributed by atoms with van der Waals surface area (Å²) in [4.78, 5) is 30.8. The van der Waals surface area contributed by atoms with Crippen molar-refractivity contribution in [3.8, 4) is 11.5 Å². The Morgan fingerprint density at radius 3 is 2.84 bits per heavy atom. The van der Waals surface area contributed by atoms with Crippen molar-refractivity contribution in [3.63, 3.8) is 0 Å². The predicted molar refractivity (Wildman–Crippen MR) is 117 cm³/mol. The van der Waals surface area contributed by atoms with E-state index in [9.17, 15) is 14.0 Å². The van der Waals surface area contributed by atoms with Gasteiger partial charge in [-0.2, -0.15) is 0 Å². The number of aromatic nitrogens is 2. The maximum Gasteiger partial charge on any atom is 0.360 e. The monoisotopic (exact) mass is 477 g/mol. The molecule has 3 aromatic rings. The van der Waals surface area contributed by atoms with Gasteiger partial charge < -0.3 is 14.2 Å². The number of piperidine rings is 1. The summed E-state index contributed by atoms with van der Waals surface area (Å²) in [6, 6.07) is 5.94. The number of carbonyl (C=O) groups excluding carboxylic acids is 2. The summed E-state index contributed by atoms with van der Waals surface area (Å²) < 4.78 is 24.1. The molecule has 0 atom stereocenters. The Balaban J connectivity index is 1.35. The number of amides is 1. The van der Waals surface area contributed by atoms with Crippen LogP contribution in [0.2, 0.25) is 5.02 Å². The van der Waals surface area contributed by atoms with Crippen LogP contribution in [0.3, 0.4) is 0 Å². The summed E-state index contributed by atoms with van der Waals surface area (Å²) in [5, 5.41) is 6.82. The molecule has 2 aromatic heterocycles. The molecule has 32 heavy (non-hydrogen) atoms. The first-order valence-corrected chi connectivity index (χ1v) is 11.5. The Bertz CT molecular complexity index is 1100. The topological polar surface area (TPSA) is 85.5 Å².